The summed E-state index contributed by atoms with van der Waals surface area (Å²) in [5, 5.41) is 14.0. The SMILES string of the molecule is N#Cc1ccc(Cl)cc1NC1CC(c2ccccc2Cl)C1. The van der Waals surface area contributed by atoms with Crippen molar-refractivity contribution in [3.63, 3.8) is 0 Å². The number of nitrogens with one attached hydrogen (secondary N) is 1. The quantitative estimate of drug-likeness (QED) is 0.842. The van der Waals surface area contributed by atoms with Gasteiger partial charge in [-0.1, -0.05) is 41.4 Å². The van der Waals surface area contributed by atoms with Crippen LogP contribution >= 0.6 is 23.2 Å². The first-order valence-corrected chi connectivity index (χ1v) is 7.63. The van der Waals surface area contributed by atoms with Gasteiger partial charge in [-0.3, -0.25) is 0 Å². The van der Waals surface area contributed by atoms with E-state index < -0.39 is 0 Å². The summed E-state index contributed by atoms with van der Waals surface area (Å²) in [7, 11) is 0. The molecule has 0 spiro atoms. The molecule has 0 heterocycles. The van der Waals surface area contributed by atoms with E-state index in [4.69, 9.17) is 28.5 Å². The smallest absolute Gasteiger partial charge is 0.101 e. The molecule has 0 aromatic heterocycles. The second-order valence-corrected chi connectivity index (χ2v) is 6.18. The summed E-state index contributed by atoms with van der Waals surface area (Å²) < 4.78 is 0. The van der Waals surface area contributed by atoms with E-state index >= 15 is 0 Å². The minimum absolute atomic E-state index is 0.358. The monoisotopic (exact) mass is 316 g/mol. The molecule has 106 valence electrons. The standard InChI is InChI=1S/C17H14Cl2N2/c18-13-6-5-11(10-20)17(9-13)21-14-7-12(8-14)15-3-1-2-4-16(15)19/h1-6,9,12,14,21H,7-8H2. The van der Waals surface area contributed by atoms with E-state index in [0.717, 1.165) is 23.6 Å². The Balaban J connectivity index is 1.67. The van der Waals surface area contributed by atoms with Crippen LogP contribution in [0.3, 0.4) is 0 Å². The molecule has 1 N–H and O–H groups in total. The van der Waals surface area contributed by atoms with Crippen molar-refractivity contribution < 1.29 is 0 Å². The van der Waals surface area contributed by atoms with Crippen molar-refractivity contribution in [2.45, 2.75) is 24.8 Å². The maximum atomic E-state index is 9.13. The Labute approximate surface area is 134 Å². The number of hydrogen-bond acceptors (Lipinski definition) is 2. The van der Waals surface area contributed by atoms with Gasteiger partial charge in [-0.25, -0.2) is 0 Å². The van der Waals surface area contributed by atoms with Crippen molar-refractivity contribution in [1.82, 2.24) is 0 Å². The first-order valence-electron chi connectivity index (χ1n) is 6.88. The molecule has 0 bridgehead atoms. The minimum Gasteiger partial charge on any atom is -0.381 e. The number of nitrogens with zero attached hydrogens (tertiary/aromatic N) is 1. The molecule has 2 aromatic carbocycles. The fourth-order valence-corrected chi connectivity index (χ4v) is 3.21. The van der Waals surface area contributed by atoms with E-state index in [1.807, 2.05) is 24.3 Å². The predicted octanol–water partition coefficient (Wildman–Crippen LogP) is 5.22. The van der Waals surface area contributed by atoms with Crippen LogP contribution in [0, 0.1) is 11.3 Å². The third kappa shape index (κ3) is 3.00. The molecule has 0 aliphatic heterocycles. The van der Waals surface area contributed by atoms with Crippen molar-refractivity contribution in [3.8, 4) is 6.07 Å². The minimum atomic E-state index is 0.358. The highest BCUT2D eigenvalue weighted by molar-refractivity contribution is 6.31. The molecule has 21 heavy (non-hydrogen) atoms. The van der Waals surface area contributed by atoms with Crippen LogP contribution in [0.4, 0.5) is 5.69 Å². The summed E-state index contributed by atoms with van der Waals surface area (Å²) in [6, 6.07) is 15.8. The highest BCUT2D eigenvalue weighted by atomic mass is 35.5. The van der Waals surface area contributed by atoms with E-state index in [0.29, 0.717) is 22.5 Å². The molecule has 2 nitrogen and oxygen atoms in total. The molecular formula is C17H14Cl2N2. The van der Waals surface area contributed by atoms with Gasteiger partial charge < -0.3 is 5.32 Å². The molecular weight excluding hydrogens is 303 g/mol. The summed E-state index contributed by atoms with van der Waals surface area (Å²) in [6.45, 7) is 0. The van der Waals surface area contributed by atoms with Gasteiger partial charge in [-0.15, -0.1) is 0 Å². The number of hydrogen-bond donors (Lipinski definition) is 1. The average Bonchev–Trinajstić information content (AvgIpc) is 2.44. The number of anilines is 1. The Hall–Kier alpha value is -1.69. The van der Waals surface area contributed by atoms with Crippen LogP contribution in [0.25, 0.3) is 0 Å². The van der Waals surface area contributed by atoms with Crippen molar-refractivity contribution in [2.75, 3.05) is 5.32 Å². The molecule has 4 heteroatoms. The van der Waals surface area contributed by atoms with Crippen LogP contribution in [0.15, 0.2) is 42.5 Å². The molecule has 0 unspecified atom stereocenters. The zero-order valence-corrected chi connectivity index (χ0v) is 12.8. The van der Waals surface area contributed by atoms with E-state index in [1.165, 1.54) is 5.56 Å². The molecule has 1 fully saturated rings. The number of rotatable bonds is 3. The van der Waals surface area contributed by atoms with Crippen molar-refractivity contribution >= 4 is 28.9 Å². The van der Waals surface area contributed by atoms with Gasteiger partial charge in [-0.2, -0.15) is 5.26 Å². The van der Waals surface area contributed by atoms with Crippen LogP contribution in [-0.2, 0) is 0 Å². The van der Waals surface area contributed by atoms with Crippen LogP contribution in [-0.4, -0.2) is 6.04 Å². The second-order valence-electron chi connectivity index (χ2n) is 5.33. The molecule has 0 atom stereocenters. The summed E-state index contributed by atoms with van der Waals surface area (Å²) in [6.07, 6.45) is 2.03. The van der Waals surface area contributed by atoms with E-state index in [1.54, 1.807) is 12.1 Å². The van der Waals surface area contributed by atoms with Gasteiger partial charge in [0.1, 0.15) is 6.07 Å². The Morgan fingerprint density at radius 2 is 1.86 bits per heavy atom. The topological polar surface area (TPSA) is 35.8 Å². The number of nitriles is 1. The molecule has 3 rings (SSSR count). The summed E-state index contributed by atoms with van der Waals surface area (Å²) in [5.41, 5.74) is 2.65. The fourth-order valence-electron chi connectivity index (χ4n) is 2.75. The Kier molecular flexibility index (Phi) is 4.05. The second kappa shape index (κ2) is 5.97. The molecule has 2 aromatic rings. The van der Waals surface area contributed by atoms with Crippen LogP contribution in [0.5, 0.6) is 0 Å². The molecule has 1 aliphatic rings. The van der Waals surface area contributed by atoms with Crippen molar-refractivity contribution in [2.24, 2.45) is 0 Å². The maximum Gasteiger partial charge on any atom is 0.101 e. The van der Waals surface area contributed by atoms with Crippen molar-refractivity contribution in [1.29, 1.82) is 5.26 Å². The van der Waals surface area contributed by atoms with E-state index in [-0.39, 0.29) is 0 Å². The zero-order valence-electron chi connectivity index (χ0n) is 11.3. The van der Waals surface area contributed by atoms with Gasteiger partial charge in [0.05, 0.1) is 11.3 Å². The Bertz CT molecular complexity index is 700. The molecule has 0 saturated heterocycles. The molecule has 1 saturated carbocycles. The normalized spacial score (nSPS) is 20.4. The van der Waals surface area contributed by atoms with Gasteiger partial charge >= 0.3 is 0 Å². The van der Waals surface area contributed by atoms with Crippen LogP contribution in [0.1, 0.15) is 29.9 Å². The number of halogens is 2. The van der Waals surface area contributed by atoms with E-state index in [9.17, 15) is 0 Å². The average molecular weight is 317 g/mol. The van der Waals surface area contributed by atoms with Gasteiger partial charge in [0.2, 0.25) is 0 Å². The largest absolute Gasteiger partial charge is 0.381 e. The van der Waals surface area contributed by atoms with Crippen LogP contribution in [0.2, 0.25) is 10.0 Å². The third-order valence-electron chi connectivity index (χ3n) is 3.94. The highest BCUT2D eigenvalue weighted by Crippen LogP contribution is 2.41. The first kappa shape index (κ1) is 14.3. The van der Waals surface area contributed by atoms with Crippen LogP contribution < -0.4 is 5.32 Å². The molecule has 1 aliphatic carbocycles. The predicted molar refractivity (Wildman–Crippen MR) is 87.0 cm³/mol. The lowest BCUT2D eigenvalue weighted by Gasteiger charge is -2.37. The van der Waals surface area contributed by atoms with Gasteiger partial charge in [0, 0.05) is 16.1 Å². The Morgan fingerprint density at radius 3 is 2.57 bits per heavy atom. The summed E-state index contributed by atoms with van der Waals surface area (Å²) >= 11 is 12.2. The summed E-state index contributed by atoms with van der Waals surface area (Å²) in [4.78, 5) is 0. The summed E-state index contributed by atoms with van der Waals surface area (Å²) in [5.74, 6) is 0.487. The molecule has 0 radical (unpaired) electrons. The van der Waals surface area contributed by atoms with Gasteiger partial charge in [0.25, 0.3) is 0 Å². The molecule has 0 amide bonds. The van der Waals surface area contributed by atoms with Crippen molar-refractivity contribution in [3.05, 3.63) is 63.6 Å². The first-order chi connectivity index (χ1) is 10.2. The lowest BCUT2D eigenvalue weighted by Crippen LogP contribution is -2.34. The fraction of sp³-hybridized carbons (Fsp3) is 0.235. The lowest BCUT2D eigenvalue weighted by atomic mass is 9.75. The Morgan fingerprint density at radius 1 is 1.10 bits per heavy atom. The van der Waals surface area contributed by atoms with Gasteiger partial charge in [-0.05, 0) is 48.6 Å². The van der Waals surface area contributed by atoms with Gasteiger partial charge in [0.15, 0.2) is 0 Å². The number of benzene rings is 2. The highest BCUT2D eigenvalue weighted by Gasteiger charge is 2.31. The maximum absolute atomic E-state index is 9.13. The lowest BCUT2D eigenvalue weighted by molar-refractivity contribution is 0.374. The zero-order chi connectivity index (χ0) is 14.8. The van der Waals surface area contributed by atoms with E-state index in [2.05, 4.69) is 17.5 Å². The third-order valence-corrected chi connectivity index (χ3v) is 4.52.